The number of rotatable bonds is 4. The number of hydrogen-bond acceptors (Lipinski definition) is 0. The first-order valence-corrected chi connectivity index (χ1v) is 3.63. The second kappa shape index (κ2) is 4.18. The van der Waals surface area contributed by atoms with Gasteiger partial charge in [0.2, 0.25) is 5.83 Å². The maximum atomic E-state index is 12.5. The second-order valence-corrected chi connectivity index (χ2v) is 2.60. The van der Waals surface area contributed by atoms with E-state index in [4.69, 9.17) is 0 Å². The largest absolute Gasteiger partial charge is 0.366 e. The van der Waals surface area contributed by atoms with Gasteiger partial charge in [-0.25, -0.2) is 0 Å². The minimum absolute atomic E-state index is 0.371. The molecule has 0 heterocycles. The van der Waals surface area contributed by atoms with E-state index in [2.05, 4.69) is 0 Å². The van der Waals surface area contributed by atoms with Crippen LogP contribution in [0.15, 0.2) is 11.9 Å². The highest BCUT2D eigenvalue weighted by molar-refractivity contribution is 5.10. The Morgan fingerprint density at radius 2 is 1.43 bits per heavy atom. The third-order valence-electron chi connectivity index (χ3n) is 1.46. The lowest BCUT2D eigenvalue weighted by Crippen LogP contribution is -2.41. The summed E-state index contributed by atoms with van der Waals surface area (Å²) in [7, 11) is 0. The smallest absolute Gasteiger partial charge is 0.199 e. The van der Waals surface area contributed by atoms with E-state index in [0.717, 1.165) is 6.92 Å². The zero-order chi connectivity index (χ0) is 11.6. The summed E-state index contributed by atoms with van der Waals surface area (Å²) in [6.07, 6.45) is -5.16. The van der Waals surface area contributed by atoms with E-state index in [1.165, 1.54) is 0 Å². The normalized spacial score (nSPS) is 12.9. The van der Waals surface area contributed by atoms with Crippen LogP contribution in [-0.2, 0) is 0 Å². The van der Waals surface area contributed by atoms with Crippen LogP contribution in [0.1, 0.15) is 19.8 Å². The van der Waals surface area contributed by atoms with Gasteiger partial charge in [-0.1, -0.05) is 13.3 Å². The van der Waals surface area contributed by atoms with E-state index in [-0.39, 0.29) is 6.42 Å². The minimum atomic E-state index is -5.44. The van der Waals surface area contributed by atoms with Crippen LogP contribution in [0.3, 0.4) is 0 Å². The van der Waals surface area contributed by atoms with Crippen molar-refractivity contribution < 1.29 is 30.7 Å². The summed E-state index contributed by atoms with van der Waals surface area (Å²) in [5, 5.41) is 0. The first-order chi connectivity index (χ1) is 6.16. The van der Waals surface area contributed by atoms with Crippen molar-refractivity contribution in [1.29, 1.82) is 0 Å². The number of halogens is 7. The quantitative estimate of drug-likeness (QED) is 0.629. The first kappa shape index (κ1) is 13.2. The maximum Gasteiger partial charge on any atom is 0.366 e. The first-order valence-electron chi connectivity index (χ1n) is 3.63. The Bertz CT molecular complexity index is 226. The third-order valence-corrected chi connectivity index (χ3v) is 1.46. The third kappa shape index (κ3) is 2.39. The van der Waals surface area contributed by atoms with Crippen molar-refractivity contribution in [3.8, 4) is 0 Å². The molecule has 0 amide bonds. The number of alkyl halides is 4. The molecule has 0 radical (unpaired) electrons. The summed E-state index contributed by atoms with van der Waals surface area (Å²) in [5.41, 5.74) is 0. The van der Waals surface area contributed by atoms with E-state index >= 15 is 0 Å². The highest BCUT2D eigenvalue weighted by Gasteiger charge is 2.60. The van der Waals surface area contributed by atoms with Gasteiger partial charge in [0.25, 0.3) is 0 Å². The van der Waals surface area contributed by atoms with Crippen LogP contribution in [0.2, 0.25) is 0 Å². The molecular formula is C7H7F7. The van der Waals surface area contributed by atoms with Crippen molar-refractivity contribution in [1.82, 2.24) is 0 Å². The van der Waals surface area contributed by atoms with Crippen LogP contribution < -0.4 is 0 Å². The van der Waals surface area contributed by atoms with Crippen molar-refractivity contribution in [2.24, 2.45) is 0 Å². The average molecular weight is 224 g/mol. The zero-order valence-corrected chi connectivity index (χ0v) is 7.06. The van der Waals surface area contributed by atoms with Gasteiger partial charge in [0.15, 0.2) is 0 Å². The predicted octanol–water partition coefficient (Wildman–Crippen LogP) is 4.13. The van der Waals surface area contributed by atoms with Crippen molar-refractivity contribution in [2.75, 3.05) is 0 Å². The molecule has 0 aromatic rings. The molecule has 0 aliphatic heterocycles. The molecule has 0 N–H and O–H groups in total. The Kier molecular flexibility index (Phi) is 3.96. The molecule has 14 heavy (non-hydrogen) atoms. The molecule has 0 rings (SSSR count). The molecular weight excluding hydrogens is 217 g/mol. The maximum absolute atomic E-state index is 12.5. The van der Waals surface area contributed by atoms with Gasteiger partial charge in [-0.15, -0.1) is 0 Å². The average Bonchev–Trinajstić information content (AvgIpc) is 2.02. The summed E-state index contributed by atoms with van der Waals surface area (Å²) in [6.45, 7) is 1.15. The molecule has 0 aliphatic rings. The van der Waals surface area contributed by atoms with Crippen LogP contribution in [0.25, 0.3) is 0 Å². The lowest BCUT2D eigenvalue weighted by Gasteiger charge is -2.24. The van der Waals surface area contributed by atoms with E-state index < -0.39 is 30.2 Å². The van der Waals surface area contributed by atoms with E-state index in [1.807, 2.05) is 0 Å². The second-order valence-electron chi connectivity index (χ2n) is 2.60. The van der Waals surface area contributed by atoms with Gasteiger partial charge in [0.1, 0.15) is 0 Å². The fourth-order valence-corrected chi connectivity index (χ4v) is 0.750. The van der Waals surface area contributed by atoms with Gasteiger partial charge in [-0.3, -0.25) is 0 Å². The van der Waals surface area contributed by atoms with Gasteiger partial charge in [-0.2, -0.15) is 30.7 Å². The van der Waals surface area contributed by atoms with E-state index in [1.54, 1.807) is 0 Å². The molecule has 7 heteroatoms. The molecule has 0 nitrogen and oxygen atoms in total. The van der Waals surface area contributed by atoms with Crippen molar-refractivity contribution in [2.45, 2.75) is 31.6 Å². The Morgan fingerprint density at radius 1 is 1.00 bits per heavy atom. The van der Waals surface area contributed by atoms with Gasteiger partial charge in [0, 0.05) is 6.42 Å². The van der Waals surface area contributed by atoms with Crippen molar-refractivity contribution in [3.05, 3.63) is 11.9 Å². The highest BCUT2D eigenvalue weighted by atomic mass is 19.3. The Hall–Kier alpha value is -0.750. The minimum Gasteiger partial charge on any atom is -0.199 e. The summed E-state index contributed by atoms with van der Waals surface area (Å²) in [5.74, 6) is -13.6. The molecule has 0 aromatic heterocycles. The summed E-state index contributed by atoms with van der Waals surface area (Å²) in [6, 6.07) is 0. The highest BCUT2D eigenvalue weighted by Crippen LogP contribution is 2.44. The molecule has 0 spiro atoms. The molecule has 84 valence electrons. The standard InChI is InChI=1S/C7H7F7/c1-2-3-6(11,12)7(13,14)4(8)5(9)10/h2-3H2,1H3. The van der Waals surface area contributed by atoms with Crippen LogP contribution in [0, 0.1) is 0 Å². The molecule has 0 atom stereocenters. The lowest BCUT2D eigenvalue weighted by molar-refractivity contribution is -0.200. The Balaban J connectivity index is 5.04. The predicted molar refractivity (Wildman–Crippen MR) is 35.2 cm³/mol. The lowest BCUT2D eigenvalue weighted by atomic mass is 10.1. The number of hydrogen-bond donors (Lipinski definition) is 0. The SMILES string of the molecule is CCCC(F)(F)C(F)(F)C(F)=C(F)F. The Morgan fingerprint density at radius 3 is 1.71 bits per heavy atom. The topological polar surface area (TPSA) is 0 Å². The molecule has 0 saturated carbocycles. The van der Waals surface area contributed by atoms with Crippen LogP contribution in [-0.4, -0.2) is 11.8 Å². The van der Waals surface area contributed by atoms with E-state index in [9.17, 15) is 30.7 Å². The van der Waals surface area contributed by atoms with Gasteiger partial charge in [0.05, 0.1) is 0 Å². The molecule has 0 aromatic carbocycles. The zero-order valence-electron chi connectivity index (χ0n) is 7.06. The fourth-order valence-electron chi connectivity index (χ4n) is 0.750. The van der Waals surface area contributed by atoms with Gasteiger partial charge in [-0.05, 0) is 0 Å². The van der Waals surface area contributed by atoms with Crippen LogP contribution in [0.4, 0.5) is 30.7 Å². The van der Waals surface area contributed by atoms with Crippen LogP contribution >= 0.6 is 0 Å². The fraction of sp³-hybridized carbons (Fsp3) is 0.714. The molecule has 0 saturated heterocycles. The number of allylic oxidation sites excluding steroid dienone is 1. The van der Waals surface area contributed by atoms with Crippen molar-refractivity contribution in [3.63, 3.8) is 0 Å². The monoisotopic (exact) mass is 224 g/mol. The molecule has 0 unspecified atom stereocenters. The Labute approximate surface area is 75.4 Å². The van der Waals surface area contributed by atoms with Crippen molar-refractivity contribution >= 4 is 0 Å². The summed E-state index contributed by atoms with van der Waals surface area (Å²) >= 11 is 0. The molecule has 0 aliphatic carbocycles. The molecule has 0 bridgehead atoms. The van der Waals surface area contributed by atoms with Crippen LogP contribution in [0.5, 0.6) is 0 Å². The summed E-state index contributed by atoms with van der Waals surface area (Å²) in [4.78, 5) is 0. The van der Waals surface area contributed by atoms with Gasteiger partial charge >= 0.3 is 17.9 Å². The van der Waals surface area contributed by atoms with Gasteiger partial charge < -0.3 is 0 Å². The molecule has 0 fully saturated rings. The van der Waals surface area contributed by atoms with E-state index in [0.29, 0.717) is 0 Å². The summed E-state index contributed by atoms with van der Waals surface area (Å²) < 4.78 is 84.4.